The van der Waals surface area contributed by atoms with Crippen LogP contribution >= 0.6 is 0 Å². The van der Waals surface area contributed by atoms with Gasteiger partial charge >= 0.3 is 0 Å². The lowest BCUT2D eigenvalue weighted by Crippen LogP contribution is -2.31. The van der Waals surface area contributed by atoms with Crippen LogP contribution in [0, 0.1) is 5.82 Å². The number of methoxy groups -OCH3 is 2. The zero-order valence-electron chi connectivity index (χ0n) is 17.5. The van der Waals surface area contributed by atoms with Crippen LogP contribution in [-0.4, -0.2) is 41.6 Å². The molecule has 1 aliphatic heterocycles. The molecule has 5 rings (SSSR count). The van der Waals surface area contributed by atoms with Crippen molar-refractivity contribution in [2.45, 2.75) is 6.42 Å². The van der Waals surface area contributed by atoms with E-state index in [1.54, 1.807) is 31.5 Å². The predicted octanol–water partition coefficient (Wildman–Crippen LogP) is 3.81. The van der Waals surface area contributed by atoms with E-state index in [9.17, 15) is 9.18 Å². The first-order chi connectivity index (χ1) is 15.6. The number of para-hydroxylation sites is 1. The summed E-state index contributed by atoms with van der Waals surface area (Å²) in [5, 5.41) is 6.10. The van der Waals surface area contributed by atoms with Gasteiger partial charge in [-0.05, 0) is 24.3 Å². The maximum absolute atomic E-state index is 14.3. The highest BCUT2D eigenvalue weighted by Crippen LogP contribution is 2.41. The number of H-pyrrole nitrogens is 1. The molecule has 4 heterocycles. The molecule has 0 spiro atoms. The lowest BCUT2D eigenvalue weighted by atomic mass is 10.0. The third kappa shape index (κ3) is 3.18. The Bertz CT molecular complexity index is 1350. The number of carbonyl (C=O) groups is 1. The molecule has 0 fully saturated rings. The van der Waals surface area contributed by atoms with E-state index in [2.05, 4.69) is 25.6 Å². The summed E-state index contributed by atoms with van der Waals surface area (Å²) in [6.45, 7) is 0.525. The van der Waals surface area contributed by atoms with Crippen molar-refractivity contribution in [3.05, 3.63) is 59.7 Å². The summed E-state index contributed by atoms with van der Waals surface area (Å²) in [6.07, 6.45) is 2.31. The second-order valence-corrected chi connectivity index (χ2v) is 7.26. The maximum Gasteiger partial charge on any atom is 0.255 e. The van der Waals surface area contributed by atoms with Gasteiger partial charge in [-0.15, -0.1) is 0 Å². The number of anilines is 2. The lowest BCUT2D eigenvalue weighted by Gasteiger charge is -2.17. The van der Waals surface area contributed by atoms with Gasteiger partial charge in [0.2, 0.25) is 5.88 Å². The van der Waals surface area contributed by atoms with Crippen molar-refractivity contribution in [3.8, 4) is 22.9 Å². The summed E-state index contributed by atoms with van der Waals surface area (Å²) in [4.78, 5) is 25.2. The van der Waals surface area contributed by atoms with Gasteiger partial charge in [0.15, 0.2) is 11.6 Å². The molecule has 8 nitrogen and oxygen atoms in total. The average molecular weight is 433 g/mol. The summed E-state index contributed by atoms with van der Waals surface area (Å²) in [5.74, 6) is -0.213. The van der Waals surface area contributed by atoms with Crippen molar-refractivity contribution in [2.24, 2.45) is 0 Å². The van der Waals surface area contributed by atoms with E-state index in [0.717, 1.165) is 11.3 Å². The monoisotopic (exact) mass is 433 g/mol. The van der Waals surface area contributed by atoms with Gasteiger partial charge in [-0.25, -0.2) is 9.37 Å². The van der Waals surface area contributed by atoms with Crippen molar-refractivity contribution in [1.29, 1.82) is 0 Å². The number of ether oxygens (including phenoxy) is 2. The highest BCUT2D eigenvalue weighted by atomic mass is 19.1. The normalized spacial score (nSPS) is 12.9. The van der Waals surface area contributed by atoms with Crippen LogP contribution in [-0.2, 0) is 6.42 Å². The smallest absolute Gasteiger partial charge is 0.255 e. The summed E-state index contributed by atoms with van der Waals surface area (Å²) in [5.41, 5.74) is 4.84. The molecule has 0 radical (unpaired) electrons. The molecule has 0 bridgehead atoms. The van der Waals surface area contributed by atoms with E-state index in [0.29, 0.717) is 52.5 Å². The van der Waals surface area contributed by atoms with Crippen molar-refractivity contribution in [2.75, 3.05) is 26.1 Å². The van der Waals surface area contributed by atoms with E-state index < -0.39 is 5.82 Å². The molecular weight excluding hydrogens is 413 g/mol. The van der Waals surface area contributed by atoms with Crippen LogP contribution in [0.15, 0.2) is 42.6 Å². The molecule has 0 saturated carbocycles. The molecule has 1 amide bonds. The zero-order chi connectivity index (χ0) is 22.2. The Labute approximate surface area is 182 Å². The Morgan fingerprint density at radius 2 is 2.00 bits per heavy atom. The molecule has 4 aromatic rings. The molecule has 3 N–H and O–H groups in total. The quantitative estimate of drug-likeness (QED) is 0.443. The van der Waals surface area contributed by atoms with Gasteiger partial charge in [-0.1, -0.05) is 6.07 Å². The largest absolute Gasteiger partial charge is 0.492 e. The number of rotatable bonds is 5. The number of aromatic nitrogens is 3. The predicted molar refractivity (Wildman–Crippen MR) is 118 cm³/mol. The number of fused-ring (bicyclic) bond motifs is 2. The number of benzene rings is 1. The number of halogens is 1. The minimum absolute atomic E-state index is 0.0593. The van der Waals surface area contributed by atoms with E-state index in [1.807, 2.05) is 12.1 Å². The molecule has 0 saturated heterocycles. The first-order valence-corrected chi connectivity index (χ1v) is 10.0. The van der Waals surface area contributed by atoms with E-state index in [4.69, 9.17) is 9.47 Å². The van der Waals surface area contributed by atoms with Crippen molar-refractivity contribution < 1.29 is 18.7 Å². The SMILES string of the molecule is COc1ccc2nccc(-c3[nH]c4c(c3Nc3cccc(F)c3OC)C(=O)NCC4)c2n1. The maximum atomic E-state index is 14.3. The Morgan fingerprint density at radius 1 is 1.12 bits per heavy atom. The van der Waals surface area contributed by atoms with Crippen molar-refractivity contribution >= 4 is 28.3 Å². The Hall–Kier alpha value is -4.14. The molecule has 32 heavy (non-hydrogen) atoms. The van der Waals surface area contributed by atoms with Gasteiger partial charge in [-0.3, -0.25) is 9.78 Å². The van der Waals surface area contributed by atoms with Gasteiger partial charge in [0.05, 0.1) is 42.4 Å². The molecule has 162 valence electrons. The summed E-state index contributed by atoms with van der Waals surface area (Å²) >= 11 is 0. The second-order valence-electron chi connectivity index (χ2n) is 7.26. The molecule has 0 atom stereocenters. The number of hydrogen-bond acceptors (Lipinski definition) is 6. The van der Waals surface area contributed by atoms with Crippen LogP contribution in [0.1, 0.15) is 16.1 Å². The van der Waals surface area contributed by atoms with Gasteiger partial charge in [0.25, 0.3) is 5.91 Å². The molecule has 9 heteroatoms. The molecule has 3 aromatic heterocycles. The van der Waals surface area contributed by atoms with Crippen LogP contribution in [0.4, 0.5) is 15.8 Å². The van der Waals surface area contributed by atoms with Gasteiger partial charge in [0, 0.05) is 36.5 Å². The number of aromatic amines is 1. The second kappa shape index (κ2) is 7.84. The molecular formula is C23H20FN5O3. The number of nitrogens with zero attached hydrogens (tertiary/aromatic N) is 2. The van der Waals surface area contributed by atoms with E-state index in [1.165, 1.54) is 13.2 Å². The molecule has 0 unspecified atom stereocenters. The Balaban J connectivity index is 1.76. The highest BCUT2D eigenvalue weighted by Gasteiger charge is 2.28. The third-order valence-electron chi connectivity index (χ3n) is 5.43. The number of carbonyl (C=O) groups excluding carboxylic acids is 1. The first-order valence-electron chi connectivity index (χ1n) is 10.0. The van der Waals surface area contributed by atoms with Gasteiger partial charge in [0.1, 0.15) is 5.52 Å². The van der Waals surface area contributed by atoms with Gasteiger partial charge < -0.3 is 25.1 Å². The molecule has 1 aliphatic rings. The number of pyridine rings is 2. The average Bonchev–Trinajstić information content (AvgIpc) is 3.17. The van der Waals surface area contributed by atoms with Crippen molar-refractivity contribution in [3.63, 3.8) is 0 Å². The van der Waals surface area contributed by atoms with Crippen LogP contribution in [0.3, 0.4) is 0 Å². The van der Waals surface area contributed by atoms with E-state index in [-0.39, 0.29) is 11.7 Å². The zero-order valence-corrected chi connectivity index (χ0v) is 17.5. The van der Waals surface area contributed by atoms with Crippen LogP contribution in [0.5, 0.6) is 11.6 Å². The standard InChI is InChI=1S/C23H20FN5O3/c1-31-17-7-6-15-19(29-17)12(8-10-25-15)20-21(18-14(27-20)9-11-26-23(18)30)28-16-5-3-4-13(24)22(16)32-2/h3-8,10,27-28H,9,11H2,1-2H3,(H,26,30). The Morgan fingerprint density at radius 3 is 2.81 bits per heavy atom. The summed E-state index contributed by atoms with van der Waals surface area (Å²) in [7, 11) is 2.95. The van der Waals surface area contributed by atoms with Gasteiger partial charge in [-0.2, -0.15) is 0 Å². The fourth-order valence-corrected chi connectivity index (χ4v) is 3.98. The highest BCUT2D eigenvalue weighted by molar-refractivity contribution is 6.08. The first kappa shape index (κ1) is 19.8. The minimum atomic E-state index is -0.506. The number of nitrogens with one attached hydrogen (secondary N) is 3. The number of amides is 1. The Kier molecular flexibility index (Phi) is 4.85. The molecule has 1 aromatic carbocycles. The number of hydrogen-bond donors (Lipinski definition) is 3. The fraction of sp³-hybridized carbons (Fsp3) is 0.174. The summed E-state index contributed by atoms with van der Waals surface area (Å²) < 4.78 is 24.9. The van der Waals surface area contributed by atoms with Crippen LogP contribution in [0.2, 0.25) is 0 Å². The minimum Gasteiger partial charge on any atom is -0.492 e. The fourth-order valence-electron chi connectivity index (χ4n) is 3.98. The topological polar surface area (TPSA) is 101 Å². The molecule has 0 aliphatic carbocycles. The summed E-state index contributed by atoms with van der Waals surface area (Å²) in [6, 6.07) is 9.96. The van der Waals surface area contributed by atoms with Crippen LogP contribution in [0.25, 0.3) is 22.3 Å². The van der Waals surface area contributed by atoms with Crippen LogP contribution < -0.4 is 20.1 Å². The van der Waals surface area contributed by atoms with E-state index >= 15 is 0 Å². The lowest BCUT2D eigenvalue weighted by molar-refractivity contribution is 0.0947. The third-order valence-corrected chi connectivity index (χ3v) is 5.43. The van der Waals surface area contributed by atoms with Crippen molar-refractivity contribution in [1.82, 2.24) is 20.3 Å².